The third-order valence-corrected chi connectivity index (χ3v) is 3.77. The summed E-state index contributed by atoms with van der Waals surface area (Å²) in [5, 5.41) is 0. The van der Waals surface area contributed by atoms with Gasteiger partial charge in [0, 0.05) is 23.0 Å². The van der Waals surface area contributed by atoms with E-state index in [-0.39, 0.29) is 5.91 Å². The molecule has 0 aromatic heterocycles. The van der Waals surface area contributed by atoms with Crippen molar-refractivity contribution in [2.24, 2.45) is 5.92 Å². The van der Waals surface area contributed by atoms with Crippen molar-refractivity contribution in [2.45, 2.75) is 38.1 Å². The van der Waals surface area contributed by atoms with Crippen molar-refractivity contribution in [3.8, 4) is 0 Å². The molecular weight excluding hydrogens is 230 g/mol. The number of aryl methyl sites for hydroxylation is 1. The summed E-state index contributed by atoms with van der Waals surface area (Å²) in [6.07, 6.45) is 1.10. The molecule has 0 N–H and O–H groups in total. The molecule has 3 heteroatoms. The van der Waals surface area contributed by atoms with Crippen LogP contribution >= 0.6 is 12.6 Å². The lowest BCUT2D eigenvalue weighted by atomic mass is 10.1. The summed E-state index contributed by atoms with van der Waals surface area (Å²) in [5.41, 5.74) is 1.82. The van der Waals surface area contributed by atoms with Crippen LogP contribution in [0.25, 0.3) is 0 Å². The van der Waals surface area contributed by atoms with Crippen LogP contribution in [0.15, 0.2) is 23.1 Å². The van der Waals surface area contributed by atoms with Crippen LogP contribution in [0.2, 0.25) is 0 Å². The van der Waals surface area contributed by atoms with E-state index in [1.807, 2.05) is 30.0 Å². The summed E-state index contributed by atoms with van der Waals surface area (Å²) >= 11 is 4.31. The zero-order valence-electron chi connectivity index (χ0n) is 10.6. The third-order valence-electron chi connectivity index (χ3n) is 3.50. The smallest absolute Gasteiger partial charge is 0.254 e. The molecule has 17 heavy (non-hydrogen) atoms. The molecule has 2 nitrogen and oxygen atoms in total. The summed E-state index contributed by atoms with van der Waals surface area (Å²) < 4.78 is 0. The van der Waals surface area contributed by atoms with Gasteiger partial charge < -0.3 is 4.90 Å². The molecule has 0 bridgehead atoms. The van der Waals surface area contributed by atoms with Crippen LogP contribution < -0.4 is 0 Å². The minimum absolute atomic E-state index is 0.148. The Morgan fingerprint density at radius 3 is 2.71 bits per heavy atom. The molecule has 0 aliphatic carbocycles. The molecule has 2 rings (SSSR count). The predicted octanol–water partition coefficient (Wildman–Crippen LogP) is 3.15. The maximum Gasteiger partial charge on any atom is 0.254 e. The first-order valence-electron chi connectivity index (χ1n) is 6.09. The Morgan fingerprint density at radius 1 is 1.41 bits per heavy atom. The van der Waals surface area contributed by atoms with Crippen LogP contribution in [0.3, 0.4) is 0 Å². The highest BCUT2D eigenvalue weighted by Gasteiger charge is 2.30. The van der Waals surface area contributed by atoms with Crippen LogP contribution in [0.1, 0.15) is 36.2 Å². The van der Waals surface area contributed by atoms with Gasteiger partial charge in [0.2, 0.25) is 0 Å². The predicted molar refractivity (Wildman–Crippen MR) is 72.7 cm³/mol. The maximum absolute atomic E-state index is 12.5. The summed E-state index contributed by atoms with van der Waals surface area (Å²) in [6.45, 7) is 7.17. The van der Waals surface area contributed by atoms with Gasteiger partial charge in [-0.3, -0.25) is 4.79 Å². The van der Waals surface area contributed by atoms with E-state index in [4.69, 9.17) is 0 Å². The van der Waals surface area contributed by atoms with E-state index in [1.54, 1.807) is 0 Å². The number of rotatable bonds is 1. The minimum atomic E-state index is 0.148. The lowest BCUT2D eigenvalue weighted by molar-refractivity contribution is 0.0743. The molecule has 2 unspecified atom stereocenters. The second-order valence-corrected chi connectivity index (χ2v) is 5.66. The van der Waals surface area contributed by atoms with Gasteiger partial charge in [-0.2, -0.15) is 0 Å². The average molecular weight is 249 g/mol. The molecule has 0 spiro atoms. The van der Waals surface area contributed by atoms with E-state index in [0.29, 0.717) is 12.0 Å². The summed E-state index contributed by atoms with van der Waals surface area (Å²) in [5.74, 6) is 0.753. The molecule has 2 atom stereocenters. The van der Waals surface area contributed by atoms with Crippen molar-refractivity contribution < 1.29 is 4.79 Å². The maximum atomic E-state index is 12.5. The van der Waals surface area contributed by atoms with Crippen molar-refractivity contribution in [2.75, 3.05) is 6.54 Å². The van der Waals surface area contributed by atoms with Crippen LogP contribution in [0, 0.1) is 12.8 Å². The van der Waals surface area contributed by atoms with Gasteiger partial charge in [-0.1, -0.05) is 13.0 Å². The molecule has 1 saturated heterocycles. The Morgan fingerprint density at radius 2 is 2.12 bits per heavy atom. The van der Waals surface area contributed by atoms with Gasteiger partial charge in [-0.25, -0.2) is 0 Å². The summed E-state index contributed by atoms with van der Waals surface area (Å²) in [4.78, 5) is 15.3. The Labute approximate surface area is 108 Å². The highest BCUT2D eigenvalue weighted by Crippen LogP contribution is 2.25. The standard InChI is InChI=1S/C14H19NOS/c1-9-6-11(3)15(8-9)14(16)13-7-12(17)5-4-10(13)2/h4-5,7,9,11,17H,6,8H2,1-3H3. The van der Waals surface area contributed by atoms with Crippen molar-refractivity contribution in [3.05, 3.63) is 29.3 Å². The molecule has 1 aromatic carbocycles. The van der Waals surface area contributed by atoms with Gasteiger partial charge in [0.05, 0.1) is 0 Å². The monoisotopic (exact) mass is 249 g/mol. The fourth-order valence-corrected chi connectivity index (χ4v) is 2.78. The number of benzene rings is 1. The van der Waals surface area contributed by atoms with Crippen LogP contribution in [-0.2, 0) is 0 Å². The zero-order valence-corrected chi connectivity index (χ0v) is 11.5. The number of carbonyl (C=O) groups excluding carboxylic acids is 1. The first-order valence-corrected chi connectivity index (χ1v) is 6.54. The molecule has 1 heterocycles. The Kier molecular flexibility index (Phi) is 3.48. The first-order chi connectivity index (χ1) is 7.99. The molecule has 0 saturated carbocycles. The number of nitrogens with zero attached hydrogens (tertiary/aromatic N) is 1. The number of hydrogen-bond acceptors (Lipinski definition) is 2. The Hall–Kier alpha value is -0.960. The molecule has 0 radical (unpaired) electrons. The van der Waals surface area contributed by atoms with Crippen LogP contribution in [0.5, 0.6) is 0 Å². The van der Waals surface area contributed by atoms with E-state index in [2.05, 4.69) is 26.5 Å². The number of amides is 1. The summed E-state index contributed by atoms with van der Waals surface area (Å²) in [7, 11) is 0. The van der Waals surface area contributed by atoms with Gasteiger partial charge >= 0.3 is 0 Å². The average Bonchev–Trinajstić information content (AvgIpc) is 2.60. The molecule has 1 amide bonds. The van der Waals surface area contributed by atoms with E-state index in [0.717, 1.165) is 29.0 Å². The number of likely N-dealkylation sites (tertiary alicyclic amines) is 1. The van der Waals surface area contributed by atoms with Gasteiger partial charge in [0.1, 0.15) is 0 Å². The second-order valence-electron chi connectivity index (χ2n) is 5.15. The zero-order chi connectivity index (χ0) is 12.6. The lowest BCUT2D eigenvalue weighted by Gasteiger charge is -2.22. The van der Waals surface area contributed by atoms with E-state index in [9.17, 15) is 4.79 Å². The van der Waals surface area contributed by atoms with Gasteiger partial charge in [0.15, 0.2) is 0 Å². The largest absolute Gasteiger partial charge is 0.336 e. The highest BCUT2D eigenvalue weighted by molar-refractivity contribution is 7.80. The topological polar surface area (TPSA) is 20.3 Å². The van der Waals surface area contributed by atoms with Crippen molar-refractivity contribution >= 4 is 18.5 Å². The van der Waals surface area contributed by atoms with Crippen LogP contribution in [0.4, 0.5) is 0 Å². The fourth-order valence-electron chi connectivity index (χ4n) is 2.58. The SMILES string of the molecule is Cc1ccc(S)cc1C(=O)N1CC(C)CC1C. The molecule has 1 aromatic rings. The Bertz CT molecular complexity index is 444. The minimum Gasteiger partial charge on any atom is -0.336 e. The Balaban J connectivity index is 2.28. The molecule has 1 aliphatic rings. The number of hydrogen-bond donors (Lipinski definition) is 1. The molecule has 1 aliphatic heterocycles. The molecule has 1 fully saturated rings. The van der Waals surface area contributed by atoms with Crippen molar-refractivity contribution in [1.29, 1.82) is 0 Å². The van der Waals surface area contributed by atoms with E-state index >= 15 is 0 Å². The summed E-state index contributed by atoms with van der Waals surface area (Å²) in [6, 6.07) is 6.10. The van der Waals surface area contributed by atoms with Crippen LogP contribution in [-0.4, -0.2) is 23.4 Å². The third kappa shape index (κ3) is 2.49. The van der Waals surface area contributed by atoms with Gasteiger partial charge in [-0.15, -0.1) is 12.6 Å². The quantitative estimate of drug-likeness (QED) is 0.758. The second kappa shape index (κ2) is 4.73. The molecule has 92 valence electrons. The lowest BCUT2D eigenvalue weighted by Crippen LogP contribution is -2.34. The van der Waals surface area contributed by atoms with Crippen molar-refractivity contribution in [1.82, 2.24) is 4.90 Å². The van der Waals surface area contributed by atoms with Gasteiger partial charge in [0.25, 0.3) is 5.91 Å². The first kappa shape index (κ1) is 12.5. The van der Waals surface area contributed by atoms with Gasteiger partial charge in [-0.05, 0) is 43.9 Å². The van der Waals surface area contributed by atoms with E-state index < -0.39 is 0 Å². The number of thiol groups is 1. The fraction of sp³-hybridized carbons (Fsp3) is 0.500. The van der Waals surface area contributed by atoms with Crippen molar-refractivity contribution in [3.63, 3.8) is 0 Å². The molecular formula is C14H19NOS. The number of carbonyl (C=O) groups is 1. The van der Waals surface area contributed by atoms with E-state index in [1.165, 1.54) is 0 Å². The highest BCUT2D eigenvalue weighted by atomic mass is 32.1. The normalized spacial score (nSPS) is 24.1.